The van der Waals surface area contributed by atoms with Gasteiger partial charge in [-0.2, -0.15) is 0 Å². The summed E-state index contributed by atoms with van der Waals surface area (Å²) in [5.41, 5.74) is 5.92. The minimum Gasteiger partial charge on any atom is -0.383 e. The van der Waals surface area contributed by atoms with Crippen molar-refractivity contribution < 1.29 is 4.74 Å². The molecule has 2 rings (SSSR count). The van der Waals surface area contributed by atoms with E-state index < -0.39 is 0 Å². The first-order valence-corrected chi connectivity index (χ1v) is 8.19. The highest BCUT2D eigenvalue weighted by atomic mass is 32.1. The molecule has 2 aromatic rings. The topological polar surface area (TPSA) is 61.0 Å². The first kappa shape index (κ1) is 15.2. The molecule has 0 radical (unpaired) electrons. The van der Waals surface area contributed by atoms with E-state index in [0.717, 1.165) is 23.2 Å². The maximum Gasteiger partial charge on any atom is 0.158 e. The van der Waals surface area contributed by atoms with Crippen LogP contribution in [0.5, 0.6) is 0 Å². The van der Waals surface area contributed by atoms with Gasteiger partial charge in [0.25, 0.3) is 0 Å². The normalized spacial score (nSPS) is 12.9. The van der Waals surface area contributed by atoms with Crippen LogP contribution in [0.2, 0.25) is 0 Å². The highest BCUT2D eigenvalue weighted by Crippen LogP contribution is 2.23. The number of hydrogen-bond acceptors (Lipinski definition) is 5. The molecule has 1 atom stereocenters. The van der Waals surface area contributed by atoms with E-state index in [1.165, 1.54) is 19.3 Å². The molecule has 0 aliphatic heterocycles. The number of aromatic nitrogens is 2. The van der Waals surface area contributed by atoms with Crippen LogP contribution in [0.25, 0.3) is 10.2 Å². The van der Waals surface area contributed by atoms with Crippen molar-refractivity contribution in [2.24, 2.45) is 5.92 Å². The van der Waals surface area contributed by atoms with Gasteiger partial charge in [-0.25, -0.2) is 9.97 Å². The molecule has 0 bridgehead atoms. The molecular weight excluding hydrogens is 270 g/mol. The average molecular weight is 293 g/mol. The third-order valence-corrected chi connectivity index (χ3v) is 4.34. The Morgan fingerprint density at radius 3 is 2.95 bits per heavy atom. The lowest BCUT2D eigenvalue weighted by Crippen LogP contribution is -2.10. The van der Waals surface area contributed by atoms with E-state index in [-0.39, 0.29) is 0 Å². The SMILES string of the molecule is CCCCC(CC)COCc1nc(N)c2ccsc2n1. The molecule has 0 spiro atoms. The molecular formula is C15H23N3OS. The van der Waals surface area contributed by atoms with Crippen LogP contribution in [0.1, 0.15) is 45.4 Å². The van der Waals surface area contributed by atoms with Crippen molar-refractivity contribution in [1.82, 2.24) is 9.97 Å². The average Bonchev–Trinajstić information content (AvgIpc) is 2.91. The van der Waals surface area contributed by atoms with Gasteiger partial charge in [0.1, 0.15) is 17.3 Å². The number of hydrogen-bond donors (Lipinski definition) is 1. The van der Waals surface area contributed by atoms with Crippen LogP contribution in [-0.2, 0) is 11.3 Å². The standard InChI is InChI=1S/C15H23N3OS/c1-3-5-6-11(4-2)9-19-10-13-17-14(16)12-7-8-20-15(12)18-13/h7-8,11H,3-6,9-10H2,1-2H3,(H2,16,17,18). The number of unbranched alkanes of at least 4 members (excludes halogenated alkanes) is 1. The van der Waals surface area contributed by atoms with Crippen LogP contribution in [0.15, 0.2) is 11.4 Å². The number of rotatable bonds is 8. The summed E-state index contributed by atoms with van der Waals surface area (Å²) in [5, 5.41) is 2.92. The Labute approximate surface area is 124 Å². The first-order valence-electron chi connectivity index (χ1n) is 7.31. The molecule has 2 heterocycles. The third-order valence-electron chi connectivity index (χ3n) is 3.53. The van der Waals surface area contributed by atoms with E-state index in [1.54, 1.807) is 11.3 Å². The van der Waals surface area contributed by atoms with E-state index in [9.17, 15) is 0 Å². The molecule has 0 saturated carbocycles. The van der Waals surface area contributed by atoms with Gasteiger partial charge in [0.15, 0.2) is 5.82 Å². The van der Waals surface area contributed by atoms with Crippen molar-refractivity contribution in [2.45, 2.75) is 46.1 Å². The van der Waals surface area contributed by atoms with Crippen molar-refractivity contribution in [2.75, 3.05) is 12.3 Å². The van der Waals surface area contributed by atoms with Crippen LogP contribution < -0.4 is 5.73 Å². The molecule has 2 N–H and O–H groups in total. The predicted molar refractivity (Wildman–Crippen MR) is 84.8 cm³/mol. The van der Waals surface area contributed by atoms with E-state index in [2.05, 4.69) is 23.8 Å². The summed E-state index contributed by atoms with van der Waals surface area (Å²) in [7, 11) is 0. The van der Waals surface area contributed by atoms with Crippen molar-refractivity contribution >= 4 is 27.4 Å². The highest BCUT2D eigenvalue weighted by Gasteiger charge is 2.09. The Bertz CT molecular complexity index is 541. The maximum atomic E-state index is 5.92. The van der Waals surface area contributed by atoms with Gasteiger partial charge in [0, 0.05) is 6.61 Å². The van der Waals surface area contributed by atoms with Crippen LogP contribution in [0.4, 0.5) is 5.82 Å². The summed E-state index contributed by atoms with van der Waals surface area (Å²) in [6.45, 7) is 5.67. The lowest BCUT2D eigenvalue weighted by molar-refractivity contribution is 0.0780. The molecule has 0 aromatic carbocycles. The smallest absolute Gasteiger partial charge is 0.158 e. The fourth-order valence-electron chi connectivity index (χ4n) is 2.20. The highest BCUT2D eigenvalue weighted by molar-refractivity contribution is 7.16. The molecule has 2 aromatic heterocycles. The summed E-state index contributed by atoms with van der Waals surface area (Å²) in [5.74, 6) is 1.87. The number of thiophene rings is 1. The summed E-state index contributed by atoms with van der Waals surface area (Å²) in [6.07, 6.45) is 4.91. The second-order valence-electron chi connectivity index (χ2n) is 5.10. The second-order valence-corrected chi connectivity index (χ2v) is 5.99. The number of nitrogens with two attached hydrogens (primary N) is 1. The Morgan fingerprint density at radius 1 is 1.35 bits per heavy atom. The van der Waals surface area contributed by atoms with Gasteiger partial charge in [-0.05, 0) is 23.8 Å². The lowest BCUT2D eigenvalue weighted by Gasteiger charge is -2.14. The van der Waals surface area contributed by atoms with Gasteiger partial charge in [-0.3, -0.25) is 0 Å². The summed E-state index contributed by atoms with van der Waals surface area (Å²) < 4.78 is 5.77. The molecule has 110 valence electrons. The van der Waals surface area contributed by atoms with Crippen LogP contribution in [0, 0.1) is 5.92 Å². The zero-order valence-electron chi connectivity index (χ0n) is 12.3. The van der Waals surface area contributed by atoms with Gasteiger partial charge < -0.3 is 10.5 Å². The monoisotopic (exact) mass is 293 g/mol. The molecule has 0 amide bonds. The van der Waals surface area contributed by atoms with Crippen molar-refractivity contribution in [1.29, 1.82) is 0 Å². The number of fused-ring (bicyclic) bond motifs is 1. The van der Waals surface area contributed by atoms with E-state index in [1.807, 2.05) is 11.4 Å². The third kappa shape index (κ3) is 3.90. The van der Waals surface area contributed by atoms with Gasteiger partial charge >= 0.3 is 0 Å². The number of ether oxygens (including phenoxy) is 1. The largest absolute Gasteiger partial charge is 0.383 e. The van der Waals surface area contributed by atoms with Crippen LogP contribution >= 0.6 is 11.3 Å². The molecule has 0 aliphatic rings. The van der Waals surface area contributed by atoms with E-state index >= 15 is 0 Å². The first-order chi connectivity index (χ1) is 9.74. The van der Waals surface area contributed by atoms with E-state index in [4.69, 9.17) is 10.5 Å². The summed E-state index contributed by atoms with van der Waals surface area (Å²) in [4.78, 5) is 9.73. The number of nitrogen functional groups attached to an aromatic ring is 1. The summed E-state index contributed by atoms with van der Waals surface area (Å²) in [6, 6.07) is 1.96. The van der Waals surface area contributed by atoms with Crippen molar-refractivity contribution in [3.63, 3.8) is 0 Å². The van der Waals surface area contributed by atoms with Crippen molar-refractivity contribution in [3.05, 3.63) is 17.3 Å². The summed E-state index contributed by atoms with van der Waals surface area (Å²) >= 11 is 1.58. The quantitative estimate of drug-likeness (QED) is 0.799. The predicted octanol–water partition coefficient (Wildman–Crippen LogP) is 4.01. The Morgan fingerprint density at radius 2 is 2.20 bits per heavy atom. The van der Waals surface area contributed by atoms with Gasteiger partial charge in [-0.1, -0.05) is 33.1 Å². The fourth-order valence-corrected chi connectivity index (χ4v) is 2.99. The minimum absolute atomic E-state index is 0.445. The zero-order valence-corrected chi connectivity index (χ0v) is 13.1. The Hall–Kier alpha value is -1.20. The molecule has 4 nitrogen and oxygen atoms in total. The molecule has 20 heavy (non-hydrogen) atoms. The van der Waals surface area contributed by atoms with Gasteiger partial charge in [0.2, 0.25) is 0 Å². The van der Waals surface area contributed by atoms with Crippen LogP contribution in [0.3, 0.4) is 0 Å². The zero-order chi connectivity index (χ0) is 14.4. The Balaban J connectivity index is 1.88. The maximum absolute atomic E-state index is 5.92. The van der Waals surface area contributed by atoms with Gasteiger partial charge in [-0.15, -0.1) is 11.3 Å². The van der Waals surface area contributed by atoms with Crippen molar-refractivity contribution in [3.8, 4) is 0 Å². The minimum atomic E-state index is 0.445. The Kier molecular flexibility index (Phi) is 5.73. The molecule has 0 aliphatic carbocycles. The van der Waals surface area contributed by atoms with Crippen LogP contribution in [-0.4, -0.2) is 16.6 Å². The fraction of sp³-hybridized carbons (Fsp3) is 0.600. The number of anilines is 1. The number of nitrogens with zero attached hydrogens (tertiary/aromatic N) is 2. The van der Waals surface area contributed by atoms with Gasteiger partial charge in [0.05, 0.1) is 5.39 Å². The lowest BCUT2D eigenvalue weighted by atomic mass is 10.0. The molecule has 1 unspecified atom stereocenters. The molecule has 0 saturated heterocycles. The molecule has 5 heteroatoms. The molecule has 0 fully saturated rings. The second kappa shape index (κ2) is 7.55. The van der Waals surface area contributed by atoms with E-state index in [0.29, 0.717) is 24.2 Å².